The largest absolute Gasteiger partial charge is 1.00 e. The van der Waals surface area contributed by atoms with Crippen molar-refractivity contribution in [2.24, 2.45) is 0 Å². The fraction of sp³-hybridized carbons (Fsp3) is 0.812. The molecule has 0 spiro atoms. The normalized spacial score (nSPS) is 8.86. The van der Waals surface area contributed by atoms with Gasteiger partial charge in [0.1, 0.15) is 0 Å². The predicted octanol–water partition coefficient (Wildman–Crippen LogP) is 0.668. The molecular formula is C16H30NNaO3. The molecule has 5 heteroatoms. The molecule has 0 heterocycles. The van der Waals surface area contributed by atoms with Gasteiger partial charge in [0.05, 0.1) is 0 Å². The SMILES string of the molecule is C[CH-]CNC(=O)CCCCCCCCCCC.O=C=O.[Na+]. The van der Waals surface area contributed by atoms with Gasteiger partial charge in [0.2, 0.25) is 5.91 Å². The first-order chi connectivity index (χ1) is 9.72. The predicted molar refractivity (Wildman–Crippen MR) is 79.8 cm³/mol. The van der Waals surface area contributed by atoms with Crippen molar-refractivity contribution >= 4 is 12.1 Å². The van der Waals surface area contributed by atoms with Gasteiger partial charge in [-0.3, -0.25) is 4.79 Å². The van der Waals surface area contributed by atoms with Crippen LogP contribution in [-0.2, 0) is 14.4 Å². The Morgan fingerprint density at radius 3 is 1.81 bits per heavy atom. The Morgan fingerprint density at radius 2 is 1.38 bits per heavy atom. The van der Waals surface area contributed by atoms with Gasteiger partial charge in [0.25, 0.3) is 0 Å². The van der Waals surface area contributed by atoms with Crippen molar-refractivity contribution < 1.29 is 43.9 Å². The number of carbonyl (C=O) groups excluding carboxylic acids is 3. The topological polar surface area (TPSA) is 63.2 Å². The molecule has 1 amide bonds. The molecule has 0 aromatic carbocycles. The van der Waals surface area contributed by atoms with E-state index < -0.39 is 0 Å². The van der Waals surface area contributed by atoms with Crippen LogP contribution >= 0.6 is 0 Å². The van der Waals surface area contributed by atoms with E-state index in [1.54, 1.807) is 0 Å². The summed E-state index contributed by atoms with van der Waals surface area (Å²) in [6.07, 6.45) is 14.7. The van der Waals surface area contributed by atoms with Gasteiger partial charge in [-0.25, -0.2) is 0 Å². The van der Waals surface area contributed by atoms with E-state index >= 15 is 0 Å². The molecule has 0 aliphatic carbocycles. The molecule has 0 rings (SSSR count). The van der Waals surface area contributed by atoms with Gasteiger partial charge in [-0.15, -0.1) is 6.54 Å². The molecule has 118 valence electrons. The number of hydrogen-bond acceptors (Lipinski definition) is 3. The Balaban J connectivity index is -0.000000740. The van der Waals surface area contributed by atoms with Gasteiger partial charge >= 0.3 is 35.7 Å². The van der Waals surface area contributed by atoms with Crippen LogP contribution in [0.2, 0.25) is 0 Å². The monoisotopic (exact) mass is 307 g/mol. The van der Waals surface area contributed by atoms with Crippen molar-refractivity contribution in [1.29, 1.82) is 0 Å². The minimum absolute atomic E-state index is 0. The average Bonchev–Trinajstić information content (AvgIpc) is 2.44. The third-order valence-corrected chi connectivity index (χ3v) is 3.01. The first-order valence-corrected chi connectivity index (χ1v) is 7.76. The second-order valence-electron chi connectivity index (χ2n) is 4.87. The van der Waals surface area contributed by atoms with Gasteiger partial charge in [0.15, 0.2) is 0 Å². The summed E-state index contributed by atoms with van der Waals surface area (Å²) >= 11 is 0. The van der Waals surface area contributed by atoms with Gasteiger partial charge in [0, 0.05) is 6.42 Å². The van der Waals surface area contributed by atoms with Crippen molar-refractivity contribution in [3.05, 3.63) is 6.42 Å². The van der Waals surface area contributed by atoms with E-state index in [9.17, 15) is 4.79 Å². The van der Waals surface area contributed by atoms with Crippen LogP contribution in [0.3, 0.4) is 0 Å². The Hall–Kier alpha value is -0.150. The summed E-state index contributed by atoms with van der Waals surface area (Å²) in [7, 11) is 0. The number of rotatable bonds is 12. The van der Waals surface area contributed by atoms with Crippen LogP contribution in [0.25, 0.3) is 0 Å². The van der Waals surface area contributed by atoms with E-state index in [1.807, 2.05) is 13.3 Å². The van der Waals surface area contributed by atoms with Crippen LogP contribution in [0, 0.1) is 6.42 Å². The van der Waals surface area contributed by atoms with E-state index in [4.69, 9.17) is 9.59 Å². The number of nitrogens with one attached hydrogen (secondary N) is 1. The minimum Gasteiger partial charge on any atom is -0.386 e. The summed E-state index contributed by atoms with van der Waals surface area (Å²) in [5.74, 6) is 0.200. The standard InChI is InChI=1S/C15H30NO.CO2.Na/c1-3-5-6-7-8-9-10-11-12-13-15(17)16-14-4-2;2-1-3;/h4H,3,5-14H2,1-2H3,(H,16,17);;/q-1;;+1. The zero-order valence-corrected chi connectivity index (χ0v) is 16.1. The van der Waals surface area contributed by atoms with Crippen LogP contribution in [0.4, 0.5) is 0 Å². The van der Waals surface area contributed by atoms with Crippen LogP contribution in [0.5, 0.6) is 0 Å². The second-order valence-corrected chi connectivity index (χ2v) is 4.87. The zero-order chi connectivity index (χ0) is 15.5. The van der Waals surface area contributed by atoms with E-state index in [0.29, 0.717) is 13.0 Å². The van der Waals surface area contributed by atoms with Gasteiger partial charge in [-0.1, -0.05) is 58.3 Å². The summed E-state index contributed by atoms with van der Waals surface area (Å²) < 4.78 is 0. The molecule has 0 saturated carbocycles. The fourth-order valence-corrected chi connectivity index (χ4v) is 1.90. The molecule has 21 heavy (non-hydrogen) atoms. The minimum atomic E-state index is 0. The fourth-order valence-electron chi connectivity index (χ4n) is 1.90. The van der Waals surface area contributed by atoms with Crippen molar-refractivity contribution in [2.75, 3.05) is 6.54 Å². The van der Waals surface area contributed by atoms with Crippen LogP contribution < -0.4 is 34.9 Å². The van der Waals surface area contributed by atoms with Crippen LogP contribution in [0.1, 0.15) is 78.1 Å². The first-order valence-electron chi connectivity index (χ1n) is 7.76. The van der Waals surface area contributed by atoms with E-state index in [-0.39, 0.29) is 41.6 Å². The summed E-state index contributed by atoms with van der Waals surface area (Å²) in [6.45, 7) is 4.91. The Morgan fingerprint density at radius 1 is 0.952 bits per heavy atom. The molecule has 0 aliphatic rings. The molecule has 0 aromatic rings. The molecule has 0 saturated heterocycles. The molecule has 0 bridgehead atoms. The molecule has 0 atom stereocenters. The maximum Gasteiger partial charge on any atom is 1.00 e. The van der Waals surface area contributed by atoms with E-state index in [1.165, 1.54) is 51.4 Å². The van der Waals surface area contributed by atoms with Gasteiger partial charge in [-0.2, -0.15) is 16.5 Å². The van der Waals surface area contributed by atoms with Crippen molar-refractivity contribution in [3.8, 4) is 0 Å². The molecule has 0 radical (unpaired) electrons. The first kappa shape index (κ1) is 25.8. The summed E-state index contributed by atoms with van der Waals surface area (Å²) in [6, 6.07) is 0. The summed E-state index contributed by atoms with van der Waals surface area (Å²) in [5.41, 5.74) is 0. The van der Waals surface area contributed by atoms with Gasteiger partial charge < -0.3 is 11.7 Å². The molecule has 0 aliphatic heterocycles. The average molecular weight is 307 g/mol. The van der Waals surface area contributed by atoms with Crippen molar-refractivity contribution in [2.45, 2.75) is 78.1 Å². The molecule has 0 aromatic heterocycles. The Bertz CT molecular complexity index is 242. The van der Waals surface area contributed by atoms with E-state index in [0.717, 1.165) is 6.42 Å². The Labute approximate surface area is 152 Å². The quantitative estimate of drug-likeness (QED) is 0.327. The number of hydrogen-bond donors (Lipinski definition) is 1. The maximum atomic E-state index is 11.3. The smallest absolute Gasteiger partial charge is 0.386 e. The number of unbranched alkanes of at least 4 members (excludes halogenated alkanes) is 8. The third-order valence-electron chi connectivity index (χ3n) is 3.01. The van der Waals surface area contributed by atoms with Crippen LogP contribution in [-0.4, -0.2) is 18.6 Å². The molecule has 0 unspecified atom stereocenters. The van der Waals surface area contributed by atoms with Crippen molar-refractivity contribution in [3.63, 3.8) is 0 Å². The summed E-state index contributed by atoms with van der Waals surface area (Å²) in [5, 5.41) is 2.86. The van der Waals surface area contributed by atoms with Gasteiger partial charge in [-0.05, 0) is 6.42 Å². The maximum absolute atomic E-state index is 11.3. The molecule has 0 fully saturated rings. The molecular weight excluding hydrogens is 277 g/mol. The number of amides is 1. The van der Waals surface area contributed by atoms with Crippen molar-refractivity contribution in [1.82, 2.24) is 5.32 Å². The zero-order valence-electron chi connectivity index (χ0n) is 14.1. The van der Waals surface area contributed by atoms with E-state index in [2.05, 4.69) is 12.2 Å². The Kier molecular flexibility index (Phi) is 30.5. The molecule has 4 nitrogen and oxygen atoms in total. The molecule has 1 N–H and O–H groups in total. The summed E-state index contributed by atoms with van der Waals surface area (Å²) in [4.78, 5) is 27.5. The third kappa shape index (κ3) is 28.7. The second kappa shape index (κ2) is 24.8. The number of carbonyl (C=O) groups is 1. The van der Waals surface area contributed by atoms with Crippen LogP contribution in [0.15, 0.2) is 0 Å².